The molecule has 0 unspecified atom stereocenters. The predicted octanol–water partition coefficient (Wildman–Crippen LogP) is -0.420. The zero-order chi connectivity index (χ0) is 5.70. The molecule has 3 heteroatoms. The third-order valence-corrected chi connectivity index (χ3v) is 0.512. The summed E-state index contributed by atoms with van der Waals surface area (Å²) in [5.41, 5.74) is 0. The monoisotopic (exact) mass is 100 g/mol. The summed E-state index contributed by atoms with van der Waals surface area (Å²) in [6.45, 7) is 1.66. The van der Waals surface area contributed by atoms with Gasteiger partial charge >= 0.3 is 6.41 Å². The molecule has 0 saturated carbocycles. The van der Waals surface area contributed by atoms with E-state index in [0.717, 1.165) is 0 Å². The number of rotatable bonds is 2. The second-order valence-electron chi connectivity index (χ2n) is 1.00. The highest BCUT2D eigenvalue weighted by Crippen LogP contribution is 1.68. The van der Waals surface area contributed by atoms with Crippen LogP contribution in [0.15, 0.2) is 0 Å². The Labute approximate surface area is 41.7 Å². The summed E-state index contributed by atoms with van der Waals surface area (Å²) in [6, 6.07) is 0. The lowest BCUT2D eigenvalue weighted by atomic mass is 10.5. The molecule has 0 atom stereocenters. The van der Waals surface area contributed by atoms with E-state index in [9.17, 15) is 9.59 Å². The first-order chi connectivity index (χ1) is 3.31. The zero-order valence-electron chi connectivity index (χ0n) is 4.02. The van der Waals surface area contributed by atoms with Crippen molar-refractivity contribution in [2.45, 2.75) is 13.3 Å². The van der Waals surface area contributed by atoms with Gasteiger partial charge in [-0.25, -0.2) is 0 Å². The maximum Gasteiger partial charge on any atom is 0.316 e. The summed E-state index contributed by atoms with van der Waals surface area (Å²) in [6.07, 6.45) is 1.60. The number of carbonyl (C=O) groups is 1. The van der Waals surface area contributed by atoms with Crippen molar-refractivity contribution in [1.82, 2.24) is 5.32 Å². The molecule has 0 saturated heterocycles. The Balaban J connectivity index is 3.17. The van der Waals surface area contributed by atoms with Crippen LogP contribution in [0.5, 0.6) is 0 Å². The van der Waals surface area contributed by atoms with Crippen LogP contribution in [-0.4, -0.2) is 12.3 Å². The molecule has 0 aromatic heterocycles. The number of hydrogen-bond donors (Lipinski definition) is 1. The highest BCUT2D eigenvalue weighted by Gasteiger charge is 1.89. The van der Waals surface area contributed by atoms with E-state index in [1.807, 2.05) is 5.32 Å². The van der Waals surface area contributed by atoms with E-state index >= 15 is 0 Å². The van der Waals surface area contributed by atoms with E-state index < -0.39 is 0 Å². The average Bonchev–Trinajstić information content (AvgIpc) is 1.68. The standard InChI is InChI=1S/C4H6NO2/c1-2-4(7)5-3-6/h2H2,1H3,(H,5,6,7). The predicted molar refractivity (Wildman–Crippen MR) is 24.1 cm³/mol. The first-order valence-electron chi connectivity index (χ1n) is 1.97. The normalized spacial score (nSPS) is 7.57. The van der Waals surface area contributed by atoms with Crippen molar-refractivity contribution < 1.29 is 9.59 Å². The van der Waals surface area contributed by atoms with Crippen molar-refractivity contribution >= 4 is 12.3 Å². The molecule has 0 aliphatic rings. The SMILES string of the molecule is CCC(=O)N[C]=O. The van der Waals surface area contributed by atoms with Gasteiger partial charge in [0.2, 0.25) is 5.91 Å². The van der Waals surface area contributed by atoms with Crippen LogP contribution in [0, 0.1) is 0 Å². The average molecular weight is 100 g/mol. The summed E-state index contributed by atoms with van der Waals surface area (Å²) < 4.78 is 0. The van der Waals surface area contributed by atoms with Gasteiger partial charge in [-0.2, -0.15) is 0 Å². The van der Waals surface area contributed by atoms with Crippen LogP contribution in [-0.2, 0) is 9.59 Å². The Bertz CT molecular complexity index is 79.8. The quantitative estimate of drug-likeness (QED) is 0.479. The van der Waals surface area contributed by atoms with Gasteiger partial charge < -0.3 is 0 Å². The van der Waals surface area contributed by atoms with Crippen LogP contribution >= 0.6 is 0 Å². The Morgan fingerprint density at radius 3 is 2.57 bits per heavy atom. The van der Waals surface area contributed by atoms with Crippen molar-refractivity contribution in [3.8, 4) is 0 Å². The first-order valence-corrected chi connectivity index (χ1v) is 1.97. The smallest absolute Gasteiger partial charge is 0.288 e. The van der Waals surface area contributed by atoms with Crippen molar-refractivity contribution in [2.75, 3.05) is 0 Å². The van der Waals surface area contributed by atoms with Crippen molar-refractivity contribution in [3.63, 3.8) is 0 Å². The van der Waals surface area contributed by atoms with Crippen molar-refractivity contribution in [2.24, 2.45) is 0 Å². The lowest BCUT2D eigenvalue weighted by molar-refractivity contribution is -0.119. The summed E-state index contributed by atoms with van der Waals surface area (Å²) in [4.78, 5) is 19.4. The highest BCUT2D eigenvalue weighted by atomic mass is 16.2. The molecule has 0 aromatic carbocycles. The summed E-state index contributed by atoms with van der Waals surface area (Å²) in [5.74, 6) is -0.296. The van der Waals surface area contributed by atoms with Crippen LogP contribution in [0.4, 0.5) is 0 Å². The van der Waals surface area contributed by atoms with Gasteiger partial charge in [0.25, 0.3) is 0 Å². The van der Waals surface area contributed by atoms with Gasteiger partial charge in [0.15, 0.2) is 0 Å². The summed E-state index contributed by atoms with van der Waals surface area (Å²) >= 11 is 0. The number of hydrogen-bond acceptors (Lipinski definition) is 2. The third kappa shape index (κ3) is 2.96. The molecule has 1 radical (unpaired) electrons. The van der Waals surface area contributed by atoms with Gasteiger partial charge in [0.05, 0.1) is 0 Å². The van der Waals surface area contributed by atoms with Crippen LogP contribution in [0.2, 0.25) is 0 Å². The summed E-state index contributed by atoms with van der Waals surface area (Å²) in [7, 11) is 0. The second kappa shape index (κ2) is 3.33. The van der Waals surface area contributed by atoms with Crippen molar-refractivity contribution in [1.29, 1.82) is 0 Å². The Morgan fingerprint density at radius 1 is 1.86 bits per heavy atom. The molecule has 0 aromatic rings. The van der Waals surface area contributed by atoms with E-state index in [4.69, 9.17) is 0 Å². The molecule has 0 fully saturated rings. The van der Waals surface area contributed by atoms with Gasteiger partial charge in [-0.1, -0.05) is 6.92 Å². The zero-order valence-corrected chi connectivity index (χ0v) is 4.02. The Kier molecular flexibility index (Phi) is 2.92. The molecule has 3 nitrogen and oxygen atoms in total. The molecule has 0 aliphatic carbocycles. The molecular formula is C4H6NO2. The third-order valence-electron chi connectivity index (χ3n) is 0.512. The minimum Gasteiger partial charge on any atom is -0.288 e. The lowest BCUT2D eigenvalue weighted by Crippen LogP contribution is -2.19. The maximum absolute atomic E-state index is 10.0. The van der Waals surface area contributed by atoms with Gasteiger partial charge in [-0.15, -0.1) is 0 Å². The molecule has 0 spiro atoms. The van der Waals surface area contributed by atoms with E-state index in [2.05, 4.69) is 0 Å². The molecule has 2 amide bonds. The van der Waals surface area contributed by atoms with Crippen LogP contribution in [0.1, 0.15) is 13.3 Å². The van der Waals surface area contributed by atoms with Gasteiger partial charge in [0.1, 0.15) is 0 Å². The minimum atomic E-state index is -0.296. The van der Waals surface area contributed by atoms with Gasteiger partial charge in [-0.3, -0.25) is 14.9 Å². The first kappa shape index (κ1) is 6.14. The Hall–Kier alpha value is -0.860. The van der Waals surface area contributed by atoms with E-state index in [0.29, 0.717) is 6.42 Å². The largest absolute Gasteiger partial charge is 0.316 e. The molecule has 39 valence electrons. The Morgan fingerprint density at radius 2 is 2.43 bits per heavy atom. The van der Waals surface area contributed by atoms with Crippen LogP contribution in [0.3, 0.4) is 0 Å². The number of carbonyl (C=O) groups excluding carboxylic acids is 2. The molecular weight excluding hydrogens is 94.0 g/mol. The lowest BCUT2D eigenvalue weighted by Gasteiger charge is -1.84. The van der Waals surface area contributed by atoms with Crippen molar-refractivity contribution in [3.05, 3.63) is 0 Å². The molecule has 7 heavy (non-hydrogen) atoms. The topological polar surface area (TPSA) is 46.2 Å². The fourth-order valence-electron chi connectivity index (χ4n) is 0.145. The molecule has 0 heterocycles. The highest BCUT2D eigenvalue weighted by molar-refractivity contribution is 5.85. The maximum atomic E-state index is 10.0. The summed E-state index contributed by atoms with van der Waals surface area (Å²) in [5, 5.41) is 1.85. The number of amides is 2. The second-order valence-corrected chi connectivity index (χ2v) is 1.00. The fraction of sp³-hybridized carbons (Fsp3) is 0.500. The van der Waals surface area contributed by atoms with Crippen LogP contribution < -0.4 is 5.32 Å². The van der Waals surface area contributed by atoms with Crippen LogP contribution in [0.25, 0.3) is 0 Å². The van der Waals surface area contributed by atoms with E-state index in [1.54, 1.807) is 6.92 Å². The number of nitrogens with one attached hydrogen (secondary N) is 1. The molecule has 1 N–H and O–H groups in total. The van der Waals surface area contributed by atoms with E-state index in [1.165, 1.54) is 6.41 Å². The van der Waals surface area contributed by atoms with Gasteiger partial charge in [-0.05, 0) is 0 Å². The van der Waals surface area contributed by atoms with E-state index in [-0.39, 0.29) is 5.91 Å². The molecule has 0 aliphatic heterocycles. The minimum absolute atomic E-state index is 0.296. The molecule has 0 rings (SSSR count). The molecule has 0 bridgehead atoms. The fourth-order valence-corrected chi connectivity index (χ4v) is 0.145. The van der Waals surface area contributed by atoms with Gasteiger partial charge in [0, 0.05) is 6.42 Å². The number of imide groups is 1.